The molecule has 37 heavy (non-hydrogen) atoms. The molecule has 1 fully saturated rings. The molecule has 0 bridgehead atoms. The number of nitrogens with zero attached hydrogens (tertiary/aromatic N) is 4. The molecule has 3 heterocycles. The molecule has 4 rings (SSSR count). The number of hydrogen-bond acceptors (Lipinski definition) is 8. The molecule has 1 saturated heterocycles. The van der Waals surface area contributed by atoms with E-state index in [1.54, 1.807) is 18.4 Å². The highest BCUT2D eigenvalue weighted by atomic mass is 16.5. The first-order valence-corrected chi connectivity index (χ1v) is 12.7. The fourth-order valence-corrected chi connectivity index (χ4v) is 4.23. The molecule has 11 nitrogen and oxygen atoms in total. The lowest BCUT2D eigenvalue weighted by molar-refractivity contribution is -0.128. The van der Waals surface area contributed by atoms with Crippen molar-refractivity contribution in [1.82, 2.24) is 24.9 Å². The normalized spacial score (nSPS) is 14.5. The van der Waals surface area contributed by atoms with Crippen molar-refractivity contribution in [3.8, 4) is 0 Å². The molecule has 11 heteroatoms. The van der Waals surface area contributed by atoms with Crippen molar-refractivity contribution in [2.75, 3.05) is 29.2 Å². The first-order valence-electron chi connectivity index (χ1n) is 12.7. The zero-order chi connectivity index (χ0) is 26.6. The largest absolute Gasteiger partial charge is 0.381 e. The molecule has 1 aliphatic rings. The molecule has 0 unspecified atom stereocenters. The summed E-state index contributed by atoms with van der Waals surface area (Å²) in [5, 5.41) is 16.9. The minimum atomic E-state index is -1.03. The Labute approximate surface area is 216 Å². The number of hydrogen-bond donors (Lipinski definition) is 4. The Morgan fingerprint density at radius 3 is 2.65 bits per heavy atom. The van der Waals surface area contributed by atoms with Crippen LogP contribution in [0.25, 0.3) is 5.65 Å². The van der Waals surface area contributed by atoms with E-state index >= 15 is 0 Å². The zero-order valence-electron chi connectivity index (χ0n) is 22.1. The van der Waals surface area contributed by atoms with Crippen LogP contribution in [0.15, 0.2) is 30.5 Å². The van der Waals surface area contributed by atoms with Crippen LogP contribution in [0.2, 0.25) is 0 Å². The summed E-state index contributed by atoms with van der Waals surface area (Å²) in [6.07, 6.45) is 3.65. The minimum Gasteiger partial charge on any atom is -0.381 e. The van der Waals surface area contributed by atoms with E-state index in [0.717, 1.165) is 42.8 Å². The molecule has 0 spiro atoms. The molecule has 2 amide bonds. The molecule has 0 aliphatic carbocycles. The highest BCUT2D eigenvalue weighted by Crippen LogP contribution is 2.23. The van der Waals surface area contributed by atoms with Gasteiger partial charge in [-0.15, -0.1) is 0 Å². The van der Waals surface area contributed by atoms with E-state index in [-0.39, 0.29) is 23.8 Å². The highest BCUT2D eigenvalue weighted by molar-refractivity contribution is 5.99. The van der Waals surface area contributed by atoms with Gasteiger partial charge in [0.1, 0.15) is 5.54 Å². The summed E-state index contributed by atoms with van der Waals surface area (Å²) in [7, 11) is 0. The molecule has 4 N–H and O–H groups in total. The van der Waals surface area contributed by atoms with Gasteiger partial charge in [-0.05, 0) is 50.3 Å². The van der Waals surface area contributed by atoms with Crippen molar-refractivity contribution in [3.05, 3.63) is 41.6 Å². The van der Waals surface area contributed by atoms with Gasteiger partial charge >= 0.3 is 0 Å². The average Bonchev–Trinajstić information content (AvgIpc) is 3.27. The molecule has 3 aromatic rings. The number of carbonyl (C=O) groups excluding carboxylic acids is 2. The Morgan fingerprint density at radius 1 is 1.19 bits per heavy atom. The third-order valence-corrected chi connectivity index (χ3v) is 6.26. The van der Waals surface area contributed by atoms with Crippen molar-refractivity contribution >= 4 is 35.0 Å². The van der Waals surface area contributed by atoms with Gasteiger partial charge < -0.3 is 26.0 Å². The van der Waals surface area contributed by atoms with Crippen LogP contribution in [-0.2, 0) is 20.9 Å². The smallest absolute Gasteiger partial charge is 0.249 e. The minimum absolute atomic E-state index is 0.261. The number of carbonyl (C=O) groups is 2. The summed E-state index contributed by atoms with van der Waals surface area (Å²) in [6, 6.07) is 7.79. The third-order valence-electron chi connectivity index (χ3n) is 6.26. The molecule has 0 saturated carbocycles. The maximum atomic E-state index is 12.7. The van der Waals surface area contributed by atoms with Gasteiger partial charge in [0.2, 0.25) is 23.7 Å². The standard InChI is InChI=1S/C26H36N8O3/c1-16(2)21-15-28-34-22(21)31-24(30-19-9-11-37-12-10-19)32-25(34)27-14-18-7-6-8-20(13-18)29-23(36)26(4,5)33-17(3)35/h6-8,13,15-16,19H,9-12,14H2,1-5H3,(H,29,36)(H,33,35)(H2,27,30,31,32). The van der Waals surface area contributed by atoms with Crippen LogP contribution in [0.5, 0.6) is 0 Å². The number of aromatic nitrogens is 4. The quantitative estimate of drug-likeness (QED) is 0.346. The van der Waals surface area contributed by atoms with Gasteiger partial charge in [-0.25, -0.2) is 0 Å². The maximum absolute atomic E-state index is 12.7. The van der Waals surface area contributed by atoms with Gasteiger partial charge in [0.25, 0.3) is 0 Å². The predicted octanol–water partition coefficient (Wildman–Crippen LogP) is 3.30. The molecule has 0 atom stereocenters. The lowest BCUT2D eigenvalue weighted by atomic mass is 10.0. The van der Waals surface area contributed by atoms with E-state index < -0.39 is 5.54 Å². The number of amides is 2. The fraction of sp³-hybridized carbons (Fsp3) is 0.500. The summed E-state index contributed by atoms with van der Waals surface area (Å²) in [5.41, 5.74) is 2.36. The van der Waals surface area contributed by atoms with E-state index in [1.165, 1.54) is 6.92 Å². The van der Waals surface area contributed by atoms with Gasteiger partial charge in [-0.3, -0.25) is 9.59 Å². The van der Waals surface area contributed by atoms with E-state index in [1.807, 2.05) is 30.5 Å². The van der Waals surface area contributed by atoms with Crippen molar-refractivity contribution < 1.29 is 14.3 Å². The van der Waals surface area contributed by atoms with Crippen LogP contribution in [0.3, 0.4) is 0 Å². The van der Waals surface area contributed by atoms with Crippen molar-refractivity contribution in [1.29, 1.82) is 0 Å². The summed E-state index contributed by atoms with van der Waals surface area (Å²) >= 11 is 0. The van der Waals surface area contributed by atoms with Gasteiger partial charge in [-0.1, -0.05) is 26.0 Å². The second-order valence-corrected chi connectivity index (χ2v) is 10.2. The van der Waals surface area contributed by atoms with E-state index in [0.29, 0.717) is 24.1 Å². The third kappa shape index (κ3) is 6.53. The van der Waals surface area contributed by atoms with Gasteiger partial charge in [0, 0.05) is 44.0 Å². The number of ether oxygens (including phenoxy) is 1. The molecule has 1 aromatic carbocycles. The fourth-order valence-electron chi connectivity index (χ4n) is 4.23. The Hall–Kier alpha value is -3.73. The van der Waals surface area contributed by atoms with Gasteiger partial charge in [-0.2, -0.15) is 19.6 Å². The first-order chi connectivity index (χ1) is 17.6. The number of nitrogens with one attached hydrogen (secondary N) is 4. The van der Waals surface area contributed by atoms with Gasteiger partial charge in [0.05, 0.1) is 6.20 Å². The van der Waals surface area contributed by atoms with Crippen LogP contribution in [0, 0.1) is 0 Å². The Morgan fingerprint density at radius 2 is 1.95 bits per heavy atom. The number of anilines is 3. The SMILES string of the molecule is CC(=O)NC(C)(C)C(=O)Nc1cccc(CNc2nc(NC3CCOCC3)nc3c(C(C)C)cnn23)c1. The van der Waals surface area contributed by atoms with Crippen molar-refractivity contribution in [3.63, 3.8) is 0 Å². The lowest BCUT2D eigenvalue weighted by Crippen LogP contribution is -2.51. The predicted molar refractivity (Wildman–Crippen MR) is 143 cm³/mol. The van der Waals surface area contributed by atoms with Crippen LogP contribution in [-0.4, -0.2) is 56.2 Å². The summed E-state index contributed by atoms with van der Waals surface area (Å²) < 4.78 is 7.20. The Balaban J connectivity index is 1.52. The Kier molecular flexibility index (Phi) is 7.91. The second-order valence-electron chi connectivity index (χ2n) is 10.2. The monoisotopic (exact) mass is 508 g/mol. The lowest BCUT2D eigenvalue weighted by Gasteiger charge is -2.24. The van der Waals surface area contributed by atoms with Crippen LogP contribution >= 0.6 is 0 Å². The Bertz CT molecular complexity index is 1260. The van der Waals surface area contributed by atoms with Crippen molar-refractivity contribution in [2.45, 2.75) is 71.5 Å². The summed E-state index contributed by atoms with van der Waals surface area (Å²) in [6.45, 7) is 10.9. The summed E-state index contributed by atoms with van der Waals surface area (Å²) in [4.78, 5) is 33.6. The number of fused-ring (bicyclic) bond motifs is 1. The number of benzene rings is 1. The van der Waals surface area contributed by atoms with Crippen LogP contribution in [0.4, 0.5) is 17.6 Å². The average molecular weight is 509 g/mol. The van der Waals surface area contributed by atoms with Crippen LogP contribution < -0.4 is 21.3 Å². The molecule has 2 aromatic heterocycles. The second kappa shape index (κ2) is 11.1. The molecule has 0 radical (unpaired) electrons. The topological polar surface area (TPSA) is 135 Å². The highest BCUT2D eigenvalue weighted by Gasteiger charge is 2.28. The van der Waals surface area contributed by atoms with E-state index in [9.17, 15) is 9.59 Å². The molecule has 1 aliphatic heterocycles. The van der Waals surface area contributed by atoms with E-state index in [4.69, 9.17) is 14.7 Å². The maximum Gasteiger partial charge on any atom is 0.249 e. The summed E-state index contributed by atoms with van der Waals surface area (Å²) in [5.74, 6) is 0.836. The molecular formula is C26H36N8O3. The van der Waals surface area contributed by atoms with Gasteiger partial charge in [0.15, 0.2) is 5.65 Å². The van der Waals surface area contributed by atoms with Crippen molar-refractivity contribution in [2.24, 2.45) is 0 Å². The zero-order valence-corrected chi connectivity index (χ0v) is 22.1. The first kappa shape index (κ1) is 26.3. The number of rotatable bonds is 9. The van der Waals surface area contributed by atoms with E-state index in [2.05, 4.69) is 40.2 Å². The van der Waals surface area contributed by atoms with Crippen LogP contribution in [0.1, 0.15) is 64.5 Å². The molecular weight excluding hydrogens is 472 g/mol. The molecule has 198 valence electrons.